The zero-order valence-electron chi connectivity index (χ0n) is 14.9. The predicted octanol–water partition coefficient (Wildman–Crippen LogP) is 4.85. The molecule has 0 aromatic heterocycles. The first-order valence-electron chi connectivity index (χ1n) is 9.01. The molecule has 3 unspecified atom stereocenters. The Morgan fingerprint density at radius 1 is 1.12 bits per heavy atom. The van der Waals surface area contributed by atoms with E-state index in [-0.39, 0.29) is 0 Å². The fourth-order valence-corrected chi connectivity index (χ4v) is 4.10. The summed E-state index contributed by atoms with van der Waals surface area (Å²) in [6, 6.07) is 15.6. The number of hydrogen-bond acceptors (Lipinski definition) is 3. The molecule has 3 nitrogen and oxygen atoms in total. The van der Waals surface area contributed by atoms with Gasteiger partial charge in [0.25, 0.3) is 0 Å². The Kier molecular flexibility index (Phi) is 4.50. The van der Waals surface area contributed by atoms with Crippen molar-refractivity contribution < 1.29 is 9.47 Å². The summed E-state index contributed by atoms with van der Waals surface area (Å²) >= 11 is 0. The molecule has 130 valence electrons. The van der Waals surface area contributed by atoms with Crippen molar-refractivity contribution in [3.63, 3.8) is 0 Å². The second-order valence-electron chi connectivity index (χ2n) is 6.98. The van der Waals surface area contributed by atoms with Crippen molar-refractivity contribution in [2.45, 2.75) is 25.3 Å². The monoisotopic (exact) mass is 335 g/mol. The number of rotatable bonds is 5. The summed E-state index contributed by atoms with van der Waals surface area (Å²) in [5.41, 5.74) is 5.26. The molecule has 2 aromatic rings. The van der Waals surface area contributed by atoms with Gasteiger partial charge in [0.2, 0.25) is 0 Å². The van der Waals surface area contributed by atoms with Gasteiger partial charge in [-0.05, 0) is 48.6 Å². The molecule has 2 aromatic carbocycles. The van der Waals surface area contributed by atoms with Gasteiger partial charge in [-0.15, -0.1) is 0 Å². The van der Waals surface area contributed by atoms with E-state index in [1.165, 1.54) is 22.4 Å². The van der Waals surface area contributed by atoms with Crippen molar-refractivity contribution in [3.05, 3.63) is 71.3 Å². The normalized spacial score (nSPS) is 23.7. The van der Waals surface area contributed by atoms with Crippen LogP contribution in [0.1, 0.15) is 35.1 Å². The van der Waals surface area contributed by atoms with Gasteiger partial charge in [-0.2, -0.15) is 0 Å². The van der Waals surface area contributed by atoms with Crippen LogP contribution in [0.25, 0.3) is 0 Å². The fourth-order valence-electron chi connectivity index (χ4n) is 4.10. The van der Waals surface area contributed by atoms with E-state index in [0.717, 1.165) is 12.2 Å². The van der Waals surface area contributed by atoms with E-state index in [2.05, 4.69) is 60.8 Å². The Labute approximate surface area is 149 Å². The molecular formula is C22H25NO2. The van der Waals surface area contributed by atoms with Crippen LogP contribution >= 0.6 is 0 Å². The first-order chi connectivity index (χ1) is 12.3. The first kappa shape index (κ1) is 16.2. The summed E-state index contributed by atoms with van der Waals surface area (Å²) in [6.07, 6.45) is 5.81. The van der Waals surface area contributed by atoms with E-state index in [1.54, 1.807) is 7.11 Å². The fraction of sp³-hybridized carbons (Fsp3) is 0.364. The highest BCUT2D eigenvalue weighted by atomic mass is 16.5. The number of nitrogens with one attached hydrogen (secondary N) is 1. The molecule has 3 heteroatoms. The summed E-state index contributed by atoms with van der Waals surface area (Å²) < 4.78 is 10.9. The molecule has 0 radical (unpaired) electrons. The van der Waals surface area contributed by atoms with Gasteiger partial charge in [0.1, 0.15) is 12.4 Å². The third kappa shape index (κ3) is 3.16. The maximum atomic E-state index is 5.81. The van der Waals surface area contributed by atoms with E-state index in [1.807, 2.05) is 6.07 Å². The Bertz CT molecular complexity index is 783. The Morgan fingerprint density at radius 2 is 2.04 bits per heavy atom. The summed E-state index contributed by atoms with van der Waals surface area (Å²) in [4.78, 5) is 0. The largest absolute Gasteiger partial charge is 0.491 e. The van der Waals surface area contributed by atoms with Crippen molar-refractivity contribution in [1.82, 2.24) is 0 Å². The minimum atomic E-state index is 0.354. The molecule has 0 fully saturated rings. The predicted molar refractivity (Wildman–Crippen MR) is 101 cm³/mol. The zero-order valence-corrected chi connectivity index (χ0v) is 14.9. The lowest BCUT2D eigenvalue weighted by atomic mass is 9.77. The lowest BCUT2D eigenvalue weighted by Crippen LogP contribution is -2.29. The van der Waals surface area contributed by atoms with E-state index < -0.39 is 0 Å². The summed E-state index contributed by atoms with van der Waals surface area (Å²) in [6.45, 7) is 3.35. The van der Waals surface area contributed by atoms with Gasteiger partial charge in [-0.3, -0.25) is 0 Å². The molecule has 2 aliphatic rings. The molecule has 1 aliphatic carbocycles. The van der Waals surface area contributed by atoms with Crippen molar-refractivity contribution >= 4 is 5.69 Å². The van der Waals surface area contributed by atoms with Crippen LogP contribution in [0.3, 0.4) is 0 Å². The van der Waals surface area contributed by atoms with Crippen LogP contribution in [0, 0.1) is 12.8 Å². The number of allylic oxidation sites excluding steroid dienone is 2. The van der Waals surface area contributed by atoms with Gasteiger partial charge in [0, 0.05) is 18.7 Å². The third-order valence-corrected chi connectivity index (χ3v) is 5.29. The lowest BCUT2D eigenvalue weighted by molar-refractivity contribution is 0.146. The number of anilines is 1. The molecule has 0 saturated heterocycles. The second-order valence-corrected chi connectivity index (χ2v) is 6.98. The van der Waals surface area contributed by atoms with Crippen LogP contribution in [0.5, 0.6) is 5.75 Å². The maximum absolute atomic E-state index is 5.81. The summed E-state index contributed by atoms with van der Waals surface area (Å²) in [7, 11) is 1.69. The van der Waals surface area contributed by atoms with Gasteiger partial charge >= 0.3 is 0 Å². The van der Waals surface area contributed by atoms with Crippen molar-refractivity contribution in [2.75, 3.05) is 25.6 Å². The van der Waals surface area contributed by atoms with Crippen LogP contribution in [0.2, 0.25) is 0 Å². The Balaban J connectivity index is 1.64. The molecule has 0 saturated carbocycles. The number of aryl methyl sites for hydroxylation is 1. The van der Waals surface area contributed by atoms with Gasteiger partial charge in [-0.1, -0.05) is 42.0 Å². The average molecular weight is 335 g/mol. The van der Waals surface area contributed by atoms with Gasteiger partial charge in [-0.25, -0.2) is 0 Å². The number of hydrogen-bond donors (Lipinski definition) is 1. The molecule has 3 atom stereocenters. The van der Waals surface area contributed by atoms with Crippen LogP contribution in [-0.4, -0.2) is 20.3 Å². The minimum absolute atomic E-state index is 0.354. The number of fused-ring (bicyclic) bond motifs is 3. The van der Waals surface area contributed by atoms with Crippen molar-refractivity contribution in [3.8, 4) is 5.75 Å². The molecule has 0 spiro atoms. The molecule has 1 N–H and O–H groups in total. The number of ether oxygens (including phenoxy) is 2. The molecule has 1 aliphatic heterocycles. The lowest BCUT2D eigenvalue weighted by Gasteiger charge is -2.37. The second kappa shape index (κ2) is 6.93. The number of methoxy groups -OCH3 is 1. The Morgan fingerprint density at radius 3 is 2.88 bits per heavy atom. The van der Waals surface area contributed by atoms with Crippen molar-refractivity contribution in [2.24, 2.45) is 5.92 Å². The number of benzene rings is 2. The quantitative estimate of drug-likeness (QED) is 0.626. The van der Waals surface area contributed by atoms with E-state index in [4.69, 9.17) is 9.47 Å². The van der Waals surface area contributed by atoms with Crippen LogP contribution in [0.4, 0.5) is 5.69 Å². The topological polar surface area (TPSA) is 30.5 Å². The smallest absolute Gasteiger partial charge is 0.119 e. The minimum Gasteiger partial charge on any atom is -0.491 e. The highest BCUT2D eigenvalue weighted by molar-refractivity contribution is 5.61. The average Bonchev–Trinajstić information content (AvgIpc) is 3.11. The van der Waals surface area contributed by atoms with Crippen LogP contribution < -0.4 is 10.1 Å². The molecule has 0 bridgehead atoms. The SMILES string of the molecule is COCCOc1ccc2c(c1)C1C=CCC1C(c1cccc(C)c1)N2. The van der Waals surface area contributed by atoms with E-state index >= 15 is 0 Å². The maximum Gasteiger partial charge on any atom is 0.119 e. The first-order valence-corrected chi connectivity index (χ1v) is 9.01. The summed E-state index contributed by atoms with van der Waals surface area (Å²) in [5, 5.41) is 3.79. The molecular weight excluding hydrogens is 310 g/mol. The molecule has 25 heavy (non-hydrogen) atoms. The van der Waals surface area contributed by atoms with Crippen molar-refractivity contribution in [1.29, 1.82) is 0 Å². The van der Waals surface area contributed by atoms with Gasteiger partial charge < -0.3 is 14.8 Å². The van der Waals surface area contributed by atoms with E-state index in [0.29, 0.717) is 31.1 Å². The Hall–Kier alpha value is -2.26. The zero-order chi connectivity index (χ0) is 17.2. The molecule has 4 rings (SSSR count). The standard InChI is InChI=1S/C22H25NO2/c1-15-5-3-6-16(13-15)22-19-8-4-7-18(19)20-14-17(25-12-11-24-2)9-10-21(20)23-22/h3-7,9-10,13-14,18-19,22-23H,8,11-12H2,1-2H3. The van der Waals surface area contributed by atoms with E-state index in [9.17, 15) is 0 Å². The van der Waals surface area contributed by atoms with Gasteiger partial charge in [0.15, 0.2) is 0 Å². The summed E-state index contributed by atoms with van der Waals surface area (Å²) in [5.74, 6) is 1.93. The highest BCUT2D eigenvalue weighted by Gasteiger charge is 2.38. The van der Waals surface area contributed by atoms with Crippen LogP contribution in [-0.2, 0) is 4.74 Å². The molecule has 1 heterocycles. The van der Waals surface area contributed by atoms with Crippen LogP contribution in [0.15, 0.2) is 54.6 Å². The van der Waals surface area contributed by atoms with Gasteiger partial charge in [0.05, 0.1) is 12.6 Å². The highest BCUT2D eigenvalue weighted by Crippen LogP contribution is 2.50. The molecule has 0 amide bonds. The third-order valence-electron chi connectivity index (χ3n) is 5.29.